The van der Waals surface area contributed by atoms with Gasteiger partial charge in [-0.3, -0.25) is 4.79 Å². The number of hydrogen-bond acceptors (Lipinski definition) is 3. The van der Waals surface area contributed by atoms with E-state index in [0.29, 0.717) is 22.5 Å². The van der Waals surface area contributed by atoms with Crippen molar-refractivity contribution in [1.29, 1.82) is 0 Å². The van der Waals surface area contributed by atoms with Gasteiger partial charge >= 0.3 is 0 Å². The Morgan fingerprint density at radius 2 is 1.91 bits per heavy atom. The van der Waals surface area contributed by atoms with E-state index in [1.54, 1.807) is 14.2 Å². The molecule has 34 heavy (non-hydrogen) atoms. The molecule has 2 aromatic carbocycles. The number of ether oxygens (including phenoxy) is 1. The van der Waals surface area contributed by atoms with Gasteiger partial charge in [0.05, 0.1) is 12.7 Å². The van der Waals surface area contributed by atoms with E-state index < -0.39 is 11.7 Å². The van der Waals surface area contributed by atoms with Crippen molar-refractivity contribution >= 4 is 33.6 Å². The molecule has 1 heterocycles. The number of amides is 1. The second kappa shape index (κ2) is 10.1. The summed E-state index contributed by atoms with van der Waals surface area (Å²) in [6.45, 7) is 11.8. The van der Waals surface area contributed by atoms with E-state index in [9.17, 15) is 4.79 Å². The van der Waals surface area contributed by atoms with Crippen LogP contribution in [-0.2, 0) is 10.7 Å². The SMILES string of the molecule is C=Cc1cc(C(C)(C)C)cc(F)c1C(=O)N(C)c1cccc(-c2ccc(OC)nc2C)c1CBr. The molecule has 0 bridgehead atoms. The van der Waals surface area contributed by atoms with Crippen LogP contribution in [0.25, 0.3) is 17.2 Å². The first-order valence-corrected chi connectivity index (χ1v) is 12.1. The number of rotatable bonds is 6. The first kappa shape index (κ1) is 25.6. The molecule has 4 nitrogen and oxygen atoms in total. The summed E-state index contributed by atoms with van der Waals surface area (Å²) in [7, 11) is 3.24. The van der Waals surface area contributed by atoms with E-state index >= 15 is 4.39 Å². The number of benzene rings is 2. The third kappa shape index (κ3) is 4.92. The van der Waals surface area contributed by atoms with Crippen molar-refractivity contribution in [3.8, 4) is 17.0 Å². The van der Waals surface area contributed by atoms with Crippen LogP contribution in [0.4, 0.5) is 10.1 Å². The number of alkyl halides is 1. The number of pyridine rings is 1. The zero-order valence-electron chi connectivity index (χ0n) is 20.5. The second-order valence-corrected chi connectivity index (χ2v) is 9.72. The molecule has 0 N–H and O–H groups in total. The zero-order chi connectivity index (χ0) is 25.2. The number of carbonyl (C=O) groups excluding carboxylic acids is 1. The number of carbonyl (C=O) groups is 1. The monoisotopic (exact) mass is 524 g/mol. The summed E-state index contributed by atoms with van der Waals surface area (Å²) in [6.07, 6.45) is 1.54. The smallest absolute Gasteiger partial charge is 0.261 e. The summed E-state index contributed by atoms with van der Waals surface area (Å²) in [5.41, 5.74) is 5.32. The Kier molecular flexibility index (Phi) is 7.61. The van der Waals surface area contributed by atoms with Gasteiger partial charge in [0, 0.05) is 35.4 Å². The molecule has 0 aliphatic heterocycles. The van der Waals surface area contributed by atoms with Crippen LogP contribution >= 0.6 is 15.9 Å². The fourth-order valence-electron chi connectivity index (χ4n) is 3.94. The minimum absolute atomic E-state index is 0.0127. The average Bonchev–Trinajstić information content (AvgIpc) is 2.81. The van der Waals surface area contributed by atoms with Crippen molar-refractivity contribution in [2.45, 2.75) is 38.4 Å². The molecule has 3 rings (SSSR count). The molecule has 0 aliphatic rings. The van der Waals surface area contributed by atoms with Gasteiger partial charge in [-0.2, -0.15) is 0 Å². The maximum absolute atomic E-state index is 15.3. The Morgan fingerprint density at radius 1 is 1.21 bits per heavy atom. The van der Waals surface area contributed by atoms with E-state index in [2.05, 4.69) is 27.5 Å². The Balaban J connectivity index is 2.11. The molecule has 0 fully saturated rings. The predicted octanol–water partition coefficient (Wildman–Crippen LogP) is 7.32. The van der Waals surface area contributed by atoms with Crippen LogP contribution in [0.2, 0.25) is 0 Å². The third-order valence-electron chi connectivity index (χ3n) is 5.93. The fourth-order valence-corrected chi connectivity index (χ4v) is 4.53. The first-order valence-electron chi connectivity index (χ1n) is 11.0. The highest BCUT2D eigenvalue weighted by atomic mass is 79.9. The van der Waals surface area contributed by atoms with Crippen LogP contribution < -0.4 is 9.64 Å². The number of anilines is 1. The van der Waals surface area contributed by atoms with Gasteiger partial charge in [-0.1, -0.05) is 67.6 Å². The number of hydrogen-bond donors (Lipinski definition) is 0. The van der Waals surface area contributed by atoms with Gasteiger partial charge in [0.2, 0.25) is 5.88 Å². The molecule has 0 unspecified atom stereocenters. The lowest BCUT2D eigenvalue weighted by molar-refractivity contribution is 0.0988. The van der Waals surface area contributed by atoms with E-state index in [-0.39, 0.29) is 11.0 Å². The highest BCUT2D eigenvalue weighted by Crippen LogP contribution is 2.36. The molecule has 0 saturated heterocycles. The topological polar surface area (TPSA) is 42.4 Å². The maximum atomic E-state index is 15.3. The molecule has 1 amide bonds. The lowest BCUT2D eigenvalue weighted by Crippen LogP contribution is -2.29. The summed E-state index contributed by atoms with van der Waals surface area (Å²) in [5, 5.41) is 0.501. The second-order valence-electron chi connectivity index (χ2n) is 9.16. The van der Waals surface area contributed by atoms with E-state index in [1.807, 2.05) is 64.1 Å². The van der Waals surface area contributed by atoms with Crippen molar-refractivity contribution in [1.82, 2.24) is 4.98 Å². The van der Waals surface area contributed by atoms with Crippen molar-refractivity contribution in [3.63, 3.8) is 0 Å². The number of halogens is 2. The first-order chi connectivity index (χ1) is 16.0. The van der Waals surface area contributed by atoms with E-state index in [1.165, 1.54) is 17.0 Å². The van der Waals surface area contributed by atoms with Crippen LogP contribution in [0, 0.1) is 12.7 Å². The van der Waals surface area contributed by atoms with Crippen molar-refractivity contribution < 1.29 is 13.9 Å². The van der Waals surface area contributed by atoms with E-state index in [0.717, 1.165) is 27.9 Å². The third-order valence-corrected chi connectivity index (χ3v) is 6.49. The Morgan fingerprint density at radius 3 is 2.47 bits per heavy atom. The van der Waals surface area contributed by atoms with Gasteiger partial charge in [-0.15, -0.1) is 0 Å². The summed E-state index contributed by atoms with van der Waals surface area (Å²) in [5.74, 6) is -0.445. The number of aromatic nitrogens is 1. The highest BCUT2D eigenvalue weighted by molar-refractivity contribution is 9.08. The number of nitrogens with zero attached hydrogens (tertiary/aromatic N) is 2. The van der Waals surface area contributed by atoms with Gasteiger partial charge in [0.15, 0.2) is 0 Å². The predicted molar refractivity (Wildman–Crippen MR) is 142 cm³/mol. The molecule has 0 radical (unpaired) electrons. The van der Waals surface area contributed by atoms with Gasteiger partial charge < -0.3 is 9.64 Å². The Hall–Kier alpha value is -2.99. The van der Waals surface area contributed by atoms with Gasteiger partial charge in [0.25, 0.3) is 5.91 Å². The minimum atomic E-state index is -0.550. The molecule has 178 valence electrons. The van der Waals surface area contributed by atoms with Gasteiger partial charge in [-0.05, 0) is 52.8 Å². The van der Waals surface area contributed by atoms with Crippen LogP contribution in [0.1, 0.15) is 53.5 Å². The summed E-state index contributed by atoms with van der Waals surface area (Å²) < 4.78 is 20.5. The molecule has 1 aromatic heterocycles. The zero-order valence-corrected chi connectivity index (χ0v) is 22.1. The van der Waals surface area contributed by atoms with Crippen LogP contribution in [-0.4, -0.2) is 25.0 Å². The largest absolute Gasteiger partial charge is 0.481 e. The summed E-state index contributed by atoms with van der Waals surface area (Å²) >= 11 is 3.58. The molecule has 0 atom stereocenters. The molecular weight excluding hydrogens is 495 g/mol. The quantitative estimate of drug-likeness (QED) is 0.317. The Labute approximate surface area is 209 Å². The minimum Gasteiger partial charge on any atom is -0.481 e. The molecular formula is C28H30BrFN2O2. The number of methoxy groups -OCH3 is 1. The molecule has 6 heteroatoms. The standard InChI is InChI=1S/C28H30BrFN2O2/c1-8-18-14-19(28(3,4)5)15-23(30)26(18)27(33)32(6)24-11-9-10-21(22(24)16-29)20-12-13-25(34-7)31-17(20)2/h8-15H,1,16H2,2-7H3. The lowest BCUT2D eigenvalue weighted by Gasteiger charge is -2.25. The highest BCUT2D eigenvalue weighted by Gasteiger charge is 2.26. The van der Waals surface area contributed by atoms with Crippen LogP contribution in [0.5, 0.6) is 5.88 Å². The number of aryl methyl sites for hydroxylation is 1. The summed E-state index contributed by atoms with van der Waals surface area (Å²) in [6, 6.07) is 12.8. The van der Waals surface area contributed by atoms with Crippen LogP contribution in [0.3, 0.4) is 0 Å². The molecule has 0 spiro atoms. The normalized spacial score (nSPS) is 11.3. The van der Waals surface area contributed by atoms with Crippen molar-refractivity contribution in [2.75, 3.05) is 19.1 Å². The molecule has 0 saturated carbocycles. The van der Waals surface area contributed by atoms with E-state index in [4.69, 9.17) is 4.74 Å². The van der Waals surface area contributed by atoms with Crippen molar-refractivity contribution in [3.05, 3.63) is 82.8 Å². The van der Waals surface area contributed by atoms with Gasteiger partial charge in [-0.25, -0.2) is 9.37 Å². The Bertz CT molecular complexity index is 1250. The fraction of sp³-hybridized carbons (Fsp3) is 0.286. The van der Waals surface area contributed by atoms with Crippen molar-refractivity contribution in [2.24, 2.45) is 0 Å². The lowest BCUT2D eigenvalue weighted by atomic mass is 9.84. The molecule has 0 aliphatic carbocycles. The van der Waals surface area contributed by atoms with Gasteiger partial charge in [0.1, 0.15) is 5.82 Å². The summed E-state index contributed by atoms with van der Waals surface area (Å²) in [4.78, 5) is 19.5. The maximum Gasteiger partial charge on any atom is 0.261 e. The average molecular weight is 525 g/mol. The molecule has 3 aromatic rings. The van der Waals surface area contributed by atoms with Crippen LogP contribution in [0.15, 0.2) is 49.0 Å².